The maximum atomic E-state index is 10.1. The SMILES string of the molecule is N.N.NC(=O)OCCCCCCOC(N)=O. The van der Waals surface area contributed by atoms with Crippen LogP contribution in [0.4, 0.5) is 9.59 Å². The lowest BCUT2D eigenvalue weighted by atomic mass is 10.2. The molecule has 0 radical (unpaired) electrons. The summed E-state index contributed by atoms with van der Waals surface area (Å²) in [5.74, 6) is 0. The van der Waals surface area contributed by atoms with Crippen LogP contribution in [0, 0.1) is 0 Å². The quantitative estimate of drug-likeness (QED) is 0.482. The van der Waals surface area contributed by atoms with Crippen molar-refractivity contribution < 1.29 is 19.1 Å². The molecule has 0 saturated heterocycles. The summed E-state index contributed by atoms with van der Waals surface area (Å²) < 4.78 is 9.04. The fraction of sp³-hybridized carbons (Fsp3) is 0.750. The number of ether oxygens (including phenoxy) is 2. The molecule has 8 nitrogen and oxygen atoms in total. The van der Waals surface area contributed by atoms with Gasteiger partial charge in [0.2, 0.25) is 0 Å². The largest absolute Gasteiger partial charge is 0.450 e. The Morgan fingerprint density at radius 1 is 0.750 bits per heavy atom. The van der Waals surface area contributed by atoms with Crippen molar-refractivity contribution in [2.24, 2.45) is 11.5 Å². The summed E-state index contributed by atoms with van der Waals surface area (Å²) in [5.41, 5.74) is 9.51. The summed E-state index contributed by atoms with van der Waals surface area (Å²) in [4.78, 5) is 20.3. The molecule has 98 valence electrons. The minimum Gasteiger partial charge on any atom is -0.450 e. The van der Waals surface area contributed by atoms with Crippen LogP contribution in [0.25, 0.3) is 0 Å². The van der Waals surface area contributed by atoms with E-state index in [0.717, 1.165) is 25.7 Å². The van der Waals surface area contributed by atoms with Gasteiger partial charge in [0.1, 0.15) is 0 Å². The maximum Gasteiger partial charge on any atom is 0.404 e. The molecule has 8 heteroatoms. The van der Waals surface area contributed by atoms with Crippen molar-refractivity contribution in [2.45, 2.75) is 25.7 Å². The highest BCUT2D eigenvalue weighted by Gasteiger charge is 1.95. The van der Waals surface area contributed by atoms with Gasteiger partial charge in [-0.05, 0) is 25.7 Å². The number of nitrogens with two attached hydrogens (primary N) is 2. The molecule has 0 aromatic rings. The van der Waals surface area contributed by atoms with E-state index in [-0.39, 0.29) is 12.3 Å². The van der Waals surface area contributed by atoms with Crippen LogP contribution in [-0.4, -0.2) is 25.4 Å². The fourth-order valence-corrected chi connectivity index (χ4v) is 0.903. The van der Waals surface area contributed by atoms with E-state index in [2.05, 4.69) is 9.47 Å². The lowest BCUT2D eigenvalue weighted by Crippen LogP contribution is -2.14. The third kappa shape index (κ3) is 18.3. The molecule has 10 N–H and O–H groups in total. The van der Waals surface area contributed by atoms with Gasteiger partial charge in [-0.15, -0.1) is 0 Å². The second-order valence-electron chi connectivity index (χ2n) is 2.75. The van der Waals surface area contributed by atoms with E-state index in [0.29, 0.717) is 13.2 Å². The lowest BCUT2D eigenvalue weighted by molar-refractivity contribution is 0.148. The van der Waals surface area contributed by atoms with Crippen LogP contribution in [0.2, 0.25) is 0 Å². The van der Waals surface area contributed by atoms with E-state index in [1.807, 2.05) is 0 Å². The molecule has 0 fully saturated rings. The minimum absolute atomic E-state index is 0. The first-order chi connectivity index (χ1) is 6.63. The van der Waals surface area contributed by atoms with Crippen LogP contribution in [0.5, 0.6) is 0 Å². The molecule has 0 aliphatic carbocycles. The van der Waals surface area contributed by atoms with Gasteiger partial charge in [-0.2, -0.15) is 0 Å². The zero-order chi connectivity index (χ0) is 10.8. The third-order valence-corrected chi connectivity index (χ3v) is 1.53. The van der Waals surface area contributed by atoms with Gasteiger partial charge >= 0.3 is 12.2 Å². The van der Waals surface area contributed by atoms with Gasteiger partial charge in [0, 0.05) is 0 Å². The van der Waals surface area contributed by atoms with Gasteiger partial charge in [-0.3, -0.25) is 0 Å². The van der Waals surface area contributed by atoms with Gasteiger partial charge in [-0.1, -0.05) is 0 Å². The number of rotatable bonds is 7. The number of carbonyl (C=O) groups excluding carboxylic acids is 2. The highest BCUT2D eigenvalue weighted by molar-refractivity contribution is 5.64. The molecule has 0 aromatic carbocycles. The van der Waals surface area contributed by atoms with Crippen molar-refractivity contribution in [3.63, 3.8) is 0 Å². The summed E-state index contributed by atoms with van der Waals surface area (Å²) >= 11 is 0. The Balaban J connectivity index is -0.000000845. The van der Waals surface area contributed by atoms with Crippen LogP contribution in [-0.2, 0) is 9.47 Å². The van der Waals surface area contributed by atoms with E-state index in [1.165, 1.54) is 0 Å². The predicted molar refractivity (Wildman–Crippen MR) is 59.6 cm³/mol. The molecule has 2 amide bonds. The fourth-order valence-electron chi connectivity index (χ4n) is 0.903. The van der Waals surface area contributed by atoms with E-state index in [4.69, 9.17) is 11.5 Å². The Morgan fingerprint density at radius 2 is 1.06 bits per heavy atom. The standard InChI is InChI=1S/C8H16N2O4.2H3N/c9-7(11)13-5-3-1-2-4-6-14-8(10)12;;/h1-6H2,(H2,9,11)(H2,10,12);2*1H3. The van der Waals surface area contributed by atoms with Crippen LogP contribution < -0.4 is 23.8 Å². The summed E-state index contributed by atoms with van der Waals surface area (Å²) in [6.07, 6.45) is 1.83. The summed E-state index contributed by atoms with van der Waals surface area (Å²) in [5, 5.41) is 0. The molecule has 0 aromatic heterocycles. The van der Waals surface area contributed by atoms with Gasteiger partial charge in [0.25, 0.3) is 0 Å². The van der Waals surface area contributed by atoms with Crippen molar-refractivity contribution in [2.75, 3.05) is 13.2 Å². The zero-order valence-electron chi connectivity index (χ0n) is 9.44. The summed E-state index contributed by atoms with van der Waals surface area (Å²) in [7, 11) is 0. The van der Waals surface area contributed by atoms with E-state index >= 15 is 0 Å². The summed E-state index contributed by atoms with van der Waals surface area (Å²) in [6.45, 7) is 0.679. The van der Waals surface area contributed by atoms with Crippen LogP contribution in [0.1, 0.15) is 25.7 Å². The first-order valence-corrected chi connectivity index (χ1v) is 4.47. The number of hydrogen-bond donors (Lipinski definition) is 4. The molecule has 0 unspecified atom stereocenters. The van der Waals surface area contributed by atoms with E-state index in [1.54, 1.807) is 0 Å². The van der Waals surface area contributed by atoms with Crippen LogP contribution in [0.15, 0.2) is 0 Å². The average Bonchev–Trinajstić information content (AvgIpc) is 2.08. The molecule has 16 heavy (non-hydrogen) atoms. The highest BCUT2D eigenvalue weighted by Crippen LogP contribution is 2.00. The van der Waals surface area contributed by atoms with Crippen molar-refractivity contribution in [1.29, 1.82) is 0 Å². The number of carbonyl (C=O) groups is 2. The zero-order valence-corrected chi connectivity index (χ0v) is 9.44. The number of primary amides is 2. The van der Waals surface area contributed by atoms with E-state index < -0.39 is 12.2 Å². The highest BCUT2D eigenvalue weighted by atomic mass is 16.5. The predicted octanol–water partition coefficient (Wildman–Crippen LogP) is 1.06. The van der Waals surface area contributed by atoms with Crippen molar-refractivity contribution >= 4 is 12.2 Å². The molecule has 0 bridgehead atoms. The van der Waals surface area contributed by atoms with Crippen molar-refractivity contribution in [1.82, 2.24) is 12.3 Å². The van der Waals surface area contributed by atoms with E-state index in [9.17, 15) is 9.59 Å². The first-order valence-electron chi connectivity index (χ1n) is 4.47. The molecular weight excluding hydrogens is 216 g/mol. The molecule has 0 atom stereocenters. The van der Waals surface area contributed by atoms with Crippen LogP contribution >= 0.6 is 0 Å². The van der Waals surface area contributed by atoms with Gasteiger partial charge in [-0.25, -0.2) is 9.59 Å². The van der Waals surface area contributed by atoms with Gasteiger partial charge in [0.05, 0.1) is 13.2 Å². The molecule has 0 rings (SSSR count). The molecular formula is C8H22N4O4. The van der Waals surface area contributed by atoms with Crippen molar-refractivity contribution in [3.05, 3.63) is 0 Å². The second-order valence-corrected chi connectivity index (χ2v) is 2.75. The monoisotopic (exact) mass is 238 g/mol. The molecule has 0 heterocycles. The topological polar surface area (TPSA) is 175 Å². The normalized spacial score (nSPS) is 8.25. The van der Waals surface area contributed by atoms with Crippen LogP contribution in [0.3, 0.4) is 0 Å². The summed E-state index contributed by atoms with van der Waals surface area (Å²) in [6, 6.07) is 0. The maximum absolute atomic E-state index is 10.1. The number of hydrogen-bond acceptors (Lipinski definition) is 6. The number of unbranched alkanes of at least 4 members (excludes halogenated alkanes) is 3. The third-order valence-electron chi connectivity index (χ3n) is 1.53. The Morgan fingerprint density at radius 3 is 1.31 bits per heavy atom. The Hall–Kier alpha value is -1.54. The number of amides is 2. The second kappa shape index (κ2) is 13.5. The molecule has 0 spiro atoms. The lowest BCUT2D eigenvalue weighted by Gasteiger charge is -2.02. The molecule has 0 saturated carbocycles. The Kier molecular flexibility index (Phi) is 16.8. The smallest absolute Gasteiger partial charge is 0.404 e. The first kappa shape index (κ1) is 19.9. The Bertz CT molecular complexity index is 169. The minimum atomic E-state index is -0.748. The average molecular weight is 238 g/mol. The van der Waals surface area contributed by atoms with Gasteiger partial charge in [0.15, 0.2) is 0 Å². The molecule has 0 aliphatic heterocycles. The van der Waals surface area contributed by atoms with Crippen molar-refractivity contribution in [3.8, 4) is 0 Å². The molecule has 0 aliphatic rings. The Labute approximate surface area is 94.8 Å². The van der Waals surface area contributed by atoms with Gasteiger partial charge < -0.3 is 33.2 Å².